The first kappa shape index (κ1) is 16.2. The average Bonchev–Trinajstić information content (AvgIpc) is 2.49. The lowest BCUT2D eigenvalue weighted by Crippen LogP contribution is -2.38. The molecule has 2 N–H and O–H groups in total. The summed E-state index contributed by atoms with van der Waals surface area (Å²) in [4.78, 5) is 2.44. The monoisotopic (exact) mass is 307 g/mol. The van der Waals surface area contributed by atoms with Crippen molar-refractivity contribution in [3.05, 3.63) is 29.3 Å². The number of nitrogens with one attached hydrogen (secondary N) is 2. The molecule has 0 radical (unpaired) electrons. The highest BCUT2D eigenvalue weighted by molar-refractivity contribution is 7.80. The van der Waals surface area contributed by atoms with Gasteiger partial charge in [-0.05, 0) is 50.2 Å². The largest absolute Gasteiger partial charge is 0.379 e. The zero-order valence-electron chi connectivity index (χ0n) is 12.9. The van der Waals surface area contributed by atoms with Crippen LogP contribution in [0.3, 0.4) is 0 Å². The highest BCUT2D eigenvalue weighted by Crippen LogP contribution is 2.19. The van der Waals surface area contributed by atoms with Gasteiger partial charge in [0.05, 0.1) is 13.2 Å². The van der Waals surface area contributed by atoms with Gasteiger partial charge in [0.15, 0.2) is 5.11 Å². The first-order valence-corrected chi connectivity index (χ1v) is 7.99. The summed E-state index contributed by atoms with van der Waals surface area (Å²) in [5.74, 6) is 0. The molecule has 21 heavy (non-hydrogen) atoms. The van der Waals surface area contributed by atoms with E-state index in [1.807, 2.05) is 0 Å². The van der Waals surface area contributed by atoms with E-state index in [-0.39, 0.29) is 0 Å². The first-order chi connectivity index (χ1) is 10.2. The molecule has 0 saturated carbocycles. The Hall–Kier alpha value is -1.17. The van der Waals surface area contributed by atoms with Crippen LogP contribution in [-0.2, 0) is 4.74 Å². The Balaban J connectivity index is 1.67. The third-order valence-electron chi connectivity index (χ3n) is 3.76. The minimum atomic E-state index is 0.703. The number of thiocarbonyl (C=S) groups is 1. The van der Waals surface area contributed by atoms with Crippen LogP contribution in [0.4, 0.5) is 5.69 Å². The van der Waals surface area contributed by atoms with Gasteiger partial charge in [-0.2, -0.15) is 0 Å². The van der Waals surface area contributed by atoms with Crippen molar-refractivity contribution in [3.63, 3.8) is 0 Å². The molecule has 1 aliphatic heterocycles. The van der Waals surface area contributed by atoms with Gasteiger partial charge in [-0.15, -0.1) is 0 Å². The number of aryl methyl sites for hydroxylation is 2. The molecular formula is C16H25N3OS. The third-order valence-corrected chi connectivity index (χ3v) is 4.01. The lowest BCUT2D eigenvalue weighted by Gasteiger charge is -2.26. The molecule has 0 spiro atoms. The number of anilines is 1. The second-order valence-electron chi connectivity index (χ2n) is 5.46. The van der Waals surface area contributed by atoms with Gasteiger partial charge in [-0.1, -0.05) is 18.2 Å². The molecule has 116 valence electrons. The second kappa shape index (κ2) is 8.32. The molecule has 2 rings (SSSR count). The van der Waals surface area contributed by atoms with E-state index in [0.29, 0.717) is 5.11 Å². The summed E-state index contributed by atoms with van der Waals surface area (Å²) in [6, 6.07) is 6.25. The molecular weight excluding hydrogens is 282 g/mol. The van der Waals surface area contributed by atoms with Gasteiger partial charge in [-0.3, -0.25) is 4.90 Å². The Kier molecular flexibility index (Phi) is 6.42. The van der Waals surface area contributed by atoms with Gasteiger partial charge in [0.25, 0.3) is 0 Å². The van der Waals surface area contributed by atoms with E-state index in [1.165, 1.54) is 11.1 Å². The fourth-order valence-corrected chi connectivity index (χ4v) is 2.70. The van der Waals surface area contributed by atoms with E-state index in [1.54, 1.807) is 0 Å². The zero-order chi connectivity index (χ0) is 15.1. The van der Waals surface area contributed by atoms with Crippen LogP contribution in [0.5, 0.6) is 0 Å². The average molecular weight is 307 g/mol. The smallest absolute Gasteiger partial charge is 0.170 e. The Morgan fingerprint density at radius 3 is 2.57 bits per heavy atom. The molecule has 0 aliphatic carbocycles. The predicted octanol–water partition coefficient (Wildman–Crippen LogP) is 2.31. The van der Waals surface area contributed by atoms with Gasteiger partial charge in [-0.25, -0.2) is 0 Å². The summed E-state index contributed by atoms with van der Waals surface area (Å²) in [5, 5.41) is 7.29. The van der Waals surface area contributed by atoms with E-state index in [4.69, 9.17) is 17.0 Å². The van der Waals surface area contributed by atoms with Crippen LogP contribution >= 0.6 is 12.2 Å². The molecule has 0 bridgehead atoms. The molecule has 0 amide bonds. The van der Waals surface area contributed by atoms with Crippen LogP contribution in [0.15, 0.2) is 18.2 Å². The Bertz CT molecular complexity index is 452. The quantitative estimate of drug-likeness (QED) is 0.645. The van der Waals surface area contributed by atoms with Crippen LogP contribution in [-0.4, -0.2) is 49.4 Å². The Morgan fingerprint density at radius 1 is 1.24 bits per heavy atom. The van der Waals surface area contributed by atoms with Crippen LogP contribution in [0.2, 0.25) is 0 Å². The van der Waals surface area contributed by atoms with E-state index >= 15 is 0 Å². The number of nitrogens with zero attached hydrogens (tertiary/aromatic N) is 1. The summed E-state index contributed by atoms with van der Waals surface area (Å²) in [6.07, 6.45) is 1.09. The molecule has 1 heterocycles. The van der Waals surface area contributed by atoms with Crippen molar-refractivity contribution < 1.29 is 4.74 Å². The van der Waals surface area contributed by atoms with Crippen molar-refractivity contribution in [2.45, 2.75) is 20.3 Å². The summed E-state index contributed by atoms with van der Waals surface area (Å²) in [7, 11) is 0. The highest BCUT2D eigenvalue weighted by Gasteiger charge is 2.09. The lowest BCUT2D eigenvalue weighted by molar-refractivity contribution is 0.0376. The standard InChI is InChI=1S/C16H25N3OS/c1-13-5-3-6-14(2)15(13)18-16(21)17-7-4-8-19-9-11-20-12-10-19/h3,5-6H,4,7-12H2,1-2H3,(H2,17,18,21). The molecule has 0 aromatic heterocycles. The van der Waals surface area contributed by atoms with Crippen molar-refractivity contribution in [2.24, 2.45) is 0 Å². The van der Waals surface area contributed by atoms with E-state index in [9.17, 15) is 0 Å². The maximum Gasteiger partial charge on any atom is 0.170 e. The number of morpholine rings is 1. The number of hydrogen-bond acceptors (Lipinski definition) is 3. The molecule has 1 aromatic rings. The van der Waals surface area contributed by atoms with Gasteiger partial charge in [0.1, 0.15) is 0 Å². The number of benzene rings is 1. The number of para-hydroxylation sites is 1. The fraction of sp³-hybridized carbons (Fsp3) is 0.562. The molecule has 5 heteroatoms. The number of hydrogen-bond donors (Lipinski definition) is 2. The minimum absolute atomic E-state index is 0.703. The van der Waals surface area contributed by atoms with Crippen molar-refractivity contribution in [1.82, 2.24) is 10.2 Å². The van der Waals surface area contributed by atoms with Crippen molar-refractivity contribution >= 4 is 23.0 Å². The van der Waals surface area contributed by atoms with Crippen LogP contribution in [0.25, 0.3) is 0 Å². The molecule has 0 atom stereocenters. The summed E-state index contributed by atoms with van der Waals surface area (Å²) in [5.41, 5.74) is 3.54. The summed E-state index contributed by atoms with van der Waals surface area (Å²) < 4.78 is 5.34. The van der Waals surface area contributed by atoms with Crippen LogP contribution in [0.1, 0.15) is 17.5 Å². The van der Waals surface area contributed by atoms with E-state index in [0.717, 1.165) is 51.5 Å². The second-order valence-corrected chi connectivity index (χ2v) is 5.86. The number of ether oxygens (including phenoxy) is 1. The maximum atomic E-state index is 5.37. The lowest BCUT2D eigenvalue weighted by atomic mass is 10.1. The van der Waals surface area contributed by atoms with Crippen molar-refractivity contribution in [2.75, 3.05) is 44.7 Å². The van der Waals surface area contributed by atoms with Crippen LogP contribution < -0.4 is 10.6 Å². The molecule has 1 fully saturated rings. The molecule has 4 nitrogen and oxygen atoms in total. The highest BCUT2D eigenvalue weighted by atomic mass is 32.1. The third kappa shape index (κ3) is 5.26. The van der Waals surface area contributed by atoms with Crippen molar-refractivity contribution in [1.29, 1.82) is 0 Å². The Morgan fingerprint density at radius 2 is 1.90 bits per heavy atom. The van der Waals surface area contributed by atoms with E-state index in [2.05, 4.69) is 47.6 Å². The van der Waals surface area contributed by atoms with Gasteiger partial charge in [0.2, 0.25) is 0 Å². The fourth-order valence-electron chi connectivity index (χ4n) is 2.50. The molecule has 1 saturated heterocycles. The molecule has 1 aromatic carbocycles. The van der Waals surface area contributed by atoms with Gasteiger partial charge in [0, 0.05) is 25.3 Å². The topological polar surface area (TPSA) is 36.5 Å². The SMILES string of the molecule is Cc1cccc(C)c1NC(=S)NCCCN1CCOCC1. The molecule has 1 aliphatic rings. The van der Waals surface area contributed by atoms with Gasteiger partial charge < -0.3 is 15.4 Å². The Labute approximate surface area is 132 Å². The summed E-state index contributed by atoms with van der Waals surface area (Å²) in [6.45, 7) is 10.00. The molecule has 0 unspecified atom stereocenters. The maximum absolute atomic E-state index is 5.37. The van der Waals surface area contributed by atoms with Crippen LogP contribution in [0, 0.1) is 13.8 Å². The first-order valence-electron chi connectivity index (χ1n) is 7.58. The van der Waals surface area contributed by atoms with Gasteiger partial charge >= 0.3 is 0 Å². The number of rotatable bonds is 5. The summed E-state index contributed by atoms with van der Waals surface area (Å²) >= 11 is 5.37. The predicted molar refractivity (Wildman–Crippen MR) is 92.0 cm³/mol. The minimum Gasteiger partial charge on any atom is -0.379 e. The zero-order valence-corrected chi connectivity index (χ0v) is 13.8. The normalized spacial score (nSPS) is 15.7. The van der Waals surface area contributed by atoms with E-state index < -0.39 is 0 Å². The van der Waals surface area contributed by atoms with Crippen molar-refractivity contribution in [3.8, 4) is 0 Å².